The van der Waals surface area contributed by atoms with Gasteiger partial charge in [0.15, 0.2) is 0 Å². The van der Waals surface area contributed by atoms with Crippen molar-refractivity contribution >= 4 is 28.3 Å². The summed E-state index contributed by atoms with van der Waals surface area (Å²) in [4.78, 5) is 44.2. The average molecular weight is 643 g/mol. The Morgan fingerprint density at radius 1 is 1.11 bits per heavy atom. The van der Waals surface area contributed by atoms with Gasteiger partial charge in [-0.15, -0.1) is 0 Å². The van der Waals surface area contributed by atoms with Crippen LogP contribution in [0.3, 0.4) is 0 Å². The third-order valence-electron chi connectivity index (χ3n) is 8.53. The Labute approximate surface area is 258 Å². The molecule has 2 fully saturated rings. The van der Waals surface area contributed by atoms with Gasteiger partial charge in [0.05, 0.1) is 35.6 Å². The van der Waals surface area contributed by atoms with E-state index in [0.717, 1.165) is 41.8 Å². The second-order valence-corrected chi connectivity index (χ2v) is 11.5. The minimum Gasteiger partial charge on any atom is -0.480 e. The average Bonchev–Trinajstić information content (AvgIpc) is 3.76. The maximum Gasteiger partial charge on any atom is 0.417 e. The van der Waals surface area contributed by atoms with Gasteiger partial charge in [0.25, 0.3) is 11.5 Å². The number of carbonyl (C=O) groups is 2. The fourth-order valence-corrected chi connectivity index (χ4v) is 6.02. The van der Waals surface area contributed by atoms with Crippen molar-refractivity contribution in [2.24, 2.45) is 7.05 Å². The van der Waals surface area contributed by atoms with Crippen LogP contribution in [0, 0.1) is 11.6 Å². The summed E-state index contributed by atoms with van der Waals surface area (Å²) in [6.07, 6.45) is -1.48. The van der Waals surface area contributed by atoms with Gasteiger partial charge in [0.1, 0.15) is 23.2 Å². The number of pyridine rings is 2. The molecule has 1 atom stereocenters. The molecule has 46 heavy (non-hydrogen) atoms. The Hall–Kier alpha value is -4.85. The highest BCUT2D eigenvalue weighted by Crippen LogP contribution is 2.46. The molecule has 2 aliphatic rings. The Morgan fingerprint density at radius 3 is 2.48 bits per heavy atom. The van der Waals surface area contributed by atoms with Gasteiger partial charge < -0.3 is 24.6 Å². The molecule has 240 valence electrons. The number of aryl methyl sites for hydroxylation is 1. The second kappa shape index (κ2) is 11.5. The number of carbonyl (C=O) groups excluding carboxylic acids is 1. The predicted octanol–water partition coefficient (Wildman–Crippen LogP) is 4.69. The first kappa shape index (κ1) is 31.1. The number of aromatic nitrogens is 2. The van der Waals surface area contributed by atoms with Crippen LogP contribution in [0.4, 0.5) is 27.6 Å². The lowest BCUT2D eigenvalue weighted by Crippen LogP contribution is -2.48. The number of alkyl halides is 3. The number of carboxylic acids is 1. The number of morpholine rings is 1. The Balaban J connectivity index is 1.31. The number of benzene rings is 2. The van der Waals surface area contributed by atoms with E-state index in [2.05, 4.69) is 10.3 Å². The topological polar surface area (TPSA) is 114 Å². The van der Waals surface area contributed by atoms with Gasteiger partial charge >= 0.3 is 12.1 Å². The summed E-state index contributed by atoms with van der Waals surface area (Å²) in [5.74, 6) is -5.13. The van der Waals surface area contributed by atoms with Crippen LogP contribution in [0.15, 0.2) is 59.7 Å². The molecule has 1 saturated carbocycles. The van der Waals surface area contributed by atoms with Crippen LogP contribution >= 0.6 is 0 Å². The van der Waals surface area contributed by atoms with Crippen LogP contribution in [-0.2, 0) is 29.2 Å². The standard InChI is InChI=1S/C32H27F5N4O5/c1-40-10-6-21(32(35,36)37)25(29(40)43)27-20-4-2-3-17(19(20)5-9-38-27)13-24(30(44)45)39-28(42)26-22(33)14-18(15-23(26)34)41-11-12-46-16-31(41)7-8-31/h2-6,9-10,14-15,24H,7-8,11-13,16H2,1H3,(H,39,42)(H,44,45)/t24-/m0/s1. The zero-order valence-electron chi connectivity index (χ0n) is 24.3. The van der Waals surface area contributed by atoms with Gasteiger partial charge in [-0.3, -0.25) is 14.6 Å². The Kier molecular flexibility index (Phi) is 7.79. The zero-order valence-corrected chi connectivity index (χ0v) is 24.3. The normalized spacial score (nSPS) is 16.4. The largest absolute Gasteiger partial charge is 0.480 e. The number of nitrogens with one attached hydrogen (secondary N) is 1. The maximum absolute atomic E-state index is 15.2. The minimum atomic E-state index is -4.87. The molecule has 0 bridgehead atoms. The van der Waals surface area contributed by atoms with Crippen molar-refractivity contribution in [1.82, 2.24) is 14.9 Å². The first-order valence-corrected chi connectivity index (χ1v) is 14.3. The van der Waals surface area contributed by atoms with E-state index >= 15 is 8.78 Å². The molecule has 2 N–H and O–H groups in total. The van der Waals surface area contributed by atoms with Gasteiger partial charge in [0.2, 0.25) is 0 Å². The number of hydrogen-bond donors (Lipinski definition) is 2. The number of rotatable bonds is 7. The molecule has 9 nitrogen and oxygen atoms in total. The van der Waals surface area contributed by atoms with E-state index in [9.17, 15) is 32.7 Å². The van der Waals surface area contributed by atoms with Gasteiger partial charge in [-0.2, -0.15) is 13.2 Å². The van der Waals surface area contributed by atoms with Crippen LogP contribution in [0.25, 0.3) is 22.0 Å². The van der Waals surface area contributed by atoms with Crippen LogP contribution < -0.4 is 15.8 Å². The van der Waals surface area contributed by atoms with E-state index in [1.54, 1.807) is 0 Å². The number of anilines is 1. The van der Waals surface area contributed by atoms with Crippen molar-refractivity contribution in [3.63, 3.8) is 0 Å². The van der Waals surface area contributed by atoms with E-state index in [0.29, 0.717) is 19.8 Å². The SMILES string of the molecule is Cn1ccc(C(F)(F)F)c(-c2nccc3c(C[C@H](NC(=O)c4c(F)cc(N5CCOCC56CC6)cc4F)C(=O)O)cccc23)c1=O. The third-order valence-corrected chi connectivity index (χ3v) is 8.53. The lowest BCUT2D eigenvalue weighted by atomic mass is 9.95. The van der Waals surface area contributed by atoms with Crippen molar-refractivity contribution in [2.75, 3.05) is 24.7 Å². The fourth-order valence-electron chi connectivity index (χ4n) is 6.02. The summed E-state index contributed by atoms with van der Waals surface area (Å²) in [6.45, 7) is 1.23. The molecule has 6 rings (SSSR count). The molecule has 1 amide bonds. The van der Waals surface area contributed by atoms with E-state index in [4.69, 9.17) is 4.74 Å². The molecule has 0 radical (unpaired) electrons. The zero-order chi connectivity index (χ0) is 33.0. The van der Waals surface area contributed by atoms with Gasteiger partial charge in [-0.25, -0.2) is 13.6 Å². The van der Waals surface area contributed by atoms with Crippen molar-refractivity contribution in [3.05, 3.63) is 93.5 Å². The lowest BCUT2D eigenvalue weighted by molar-refractivity contribution is -0.139. The van der Waals surface area contributed by atoms with E-state index in [1.165, 1.54) is 37.5 Å². The Bertz CT molecular complexity index is 1920. The van der Waals surface area contributed by atoms with E-state index in [1.807, 2.05) is 4.90 Å². The van der Waals surface area contributed by atoms with Gasteiger partial charge in [-0.05, 0) is 48.1 Å². The molecule has 1 aliphatic carbocycles. The van der Waals surface area contributed by atoms with Crippen LogP contribution in [-0.4, -0.2) is 57.9 Å². The Morgan fingerprint density at radius 2 is 1.83 bits per heavy atom. The van der Waals surface area contributed by atoms with Crippen LogP contribution in [0.1, 0.15) is 34.3 Å². The first-order valence-electron chi connectivity index (χ1n) is 14.3. The summed E-state index contributed by atoms with van der Waals surface area (Å²) in [5.41, 5.74) is -3.82. The summed E-state index contributed by atoms with van der Waals surface area (Å²) >= 11 is 0. The number of hydrogen-bond acceptors (Lipinski definition) is 6. The summed E-state index contributed by atoms with van der Waals surface area (Å²) < 4.78 is 78.7. The lowest BCUT2D eigenvalue weighted by Gasteiger charge is -2.38. The summed E-state index contributed by atoms with van der Waals surface area (Å²) in [5, 5.41) is 12.5. The fraction of sp³-hybridized carbons (Fsp3) is 0.312. The quantitative estimate of drug-likeness (QED) is 0.281. The predicted molar refractivity (Wildman–Crippen MR) is 157 cm³/mol. The van der Waals surface area contributed by atoms with Crippen molar-refractivity contribution in [2.45, 2.75) is 37.0 Å². The smallest absolute Gasteiger partial charge is 0.417 e. The first-order chi connectivity index (χ1) is 21.8. The van der Waals surface area contributed by atoms with E-state index in [-0.39, 0.29) is 33.3 Å². The number of fused-ring (bicyclic) bond motifs is 1. The molecule has 1 saturated heterocycles. The van der Waals surface area contributed by atoms with Gasteiger partial charge in [0, 0.05) is 43.5 Å². The third kappa shape index (κ3) is 5.57. The number of amides is 1. The molecule has 2 aromatic heterocycles. The van der Waals surface area contributed by atoms with Crippen LogP contribution in [0.5, 0.6) is 0 Å². The maximum atomic E-state index is 15.2. The molecular weight excluding hydrogens is 615 g/mol. The number of carboxylic acid groups (broad SMARTS) is 1. The second-order valence-electron chi connectivity index (χ2n) is 11.5. The molecule has 2 aromatic carbocycles. The molecule has 3 heterocycles. The molecule has 4 aromatic rings. The highest BCUT2D eigenvalue weighted by molar-refractivity contribution is 5.99. The summed E-state index contributed by atoms with van der Waals surface area (Å²) in [7, 11) is 1.30. The monoisotopic (exact) mass is 642 g/mol. The number of aliphatic carboxylic acids is 1. The highest BCUT2D eigenvalue weighted by atomic mass is 19.4. The number of ether oxygens (including phenoxy) is 1. The minimum absolute atomic E-state index is 0.133. The molecule has 1 spiro atoms. The van der Waals surface area contributed by atoms with Gasteiger partial charge in [-0.1, -0.05) is 18.2 Å². The number of halogens is 5. The van der Waals surface area contributed by atoms with E-state index < -0.39 is 64.4 Å². The molecule has 1 aliphatic heterocycles. The highest BCUT2D eigenvalue weighted by Gasteiger charge is 2.50. The van der Waals surface area contributed by atoms with Crippen molar-refractivity contribution < 1.29 is 41.4 Å². The molecular formula is C32H27F5N4O5. The number of nitrogens with zero attached hydrogens (tertiary/aromatic N) is 3. The molecule has 14 heteroatoms. The van der Waals surface area contributed by atoms with Crippen molar-refractivity contribution in [1.29, 1.82) is 0 Å². The summed E-state index contributed by atoms with van der Waals surface area (Å²) in [6, 6.07) is 6.99. The molecule has 0 unspecified atom stereocenters. The van der Waals surface area contributed by atoms with Crippen molar-refractivity contribution in [3.8, 4) is 11.3 Å². The van der Waals surface area contributed by atoms with Crippen LogP contribution in [0.2, 0.25) is 0 Å².